The molecule has 3 N–H and O–H groups in total. The van der Waals surface area contributed by atoms with Gasteiger partial charge in [0.1, 0.15) is 17.9 Å². The fraction of sp³-hybridized carbons (Fsp3) is 0.391. The Morgan fingerprint density at radius 2 is 1.82 bits per heavy atom. The van der Waals surface area contributed by atoms with Crippen LogP contribution in [-0.4, -0.2) is 49.7 Å². The van der Waals surface area contributed by atoms with Crippen LogP contribution in [0.25, 0.3) is 0 Å². The Labute approximate surface area is 193 Å². The Kier molecular flexibility index (Phi) is 8.41. The number of aryl methyl sites for hydroxylation is 1. The van der Waals surface area contributed by atoms with Crippen molar-refractivity contribution in [2.75, 3.05) is 12.8 Å². The number of halogens is 2. The highest BCUT2D eigenvalue weighted by Crippen LogP contribution is 2.21. The van der Waals surface area contributed by atoms with Crippen LogP contribution in [0.5, 0.6) is 0 Å². The van der Waals surface area contributed by atoms with Gasteiger partial charge < -0.3 is 20.1 Å². The van der Waals surface area contributed by atoms with E-state index in [0.717, 1.165) is 24.3 Å². The van der Waals surface area contributed by atoms with Crippen LogP contribution in [0.3, 0.4) is 0 Å². The van der Waals surface area contributed by atoms with Crippen molar-refractivity contribution in [1.82, 2.24) is 14.9 Å². The summed E-state index contributed by atoms with van der Waals surface area (Å²) in [5, 5.41) is 14.2. The molecule has 180 valence electrons. The van der Waals surface area contributed by atoms with Crippen LogP contribution in [0.15, 0.2) is 54.9 Å². The Hall–Kier alpha value is -2.53. The molecule has 0 amide bonds. The van der Waals surface area contributed by atoms with E-state index in [2.05, 4.69) is 23.0 Å². The Bertz CT molecular complexity index is 1060. The van der Waals surface area contributed by atoms with Crippen molar-refractivity contribution in [1.29, 1.82) is 0 Å². The average molecular weight is 482 g/mol. The zero-order valence-electron chi connectivity index (χ0n) is 18.5. The number of rotatable bonds is 11. The topological polar surface area (TPSA) is 90.9 Å². The van der Waals surface area contributed by atoms with Crippen LogP contribution in [0.2, 0.25) is 0 Å². The second kappa shape index (κ2) is 11.1. The summed E-state index contributed by atoms with van der Waals surface area (Å²) in [6.07, 6.45) is 2.67. The molecule has 33 heavy (non-hydrogen) atoms. The molecular weight excluding hydrogens is 452 g/mol. The van der Waals surface area contributed by atoms with Crippen molar-refractivity contribution < 1.29 is 27.0 Å². The Morgan fingerprint density at radius 1 is 1.12 bits per heavy atom. The molecule has 10 heteroatoms. The highest BCUT2D eigenvalue weighted by atomic mass is 32.2. The van der Waals surface area contributed by atoms with Crippen molar-refractivity contribution in [3.8, 4) is 0 Å². The summed E-state index contributed by atoms with van der Waals surface area (Å²) in [5.41, 5.74) is 2.59. The maximum Gasteiger partial charge on any atom is 0.241 e. The Morgan fingerprint density at radius 3 is 2.48 bits per heavy atom. The number of aliphatic hydroxyl groups is 1. The lowest BCUT2D eigenvalue weighted by Crippen LogP contribution is -2.54. The number of benzene rings is 2. The highest BCUT2D eigenvalue weighted by molar-refractivity contribution is 7.88. The minimum atomic E-state index is -3.62. The van der Waals surface area contributed by atoms with Crippen LogP contribution >= 0.6 is 0 Å². The highest BCUT2D eigenvalue weighted by Gasteiger charge is 2.34. The van der Waals surface area contributed by atoms with Gasteiger partial charge in [-0.05, 0) is 41.7 Å². The van der Waals surface area contributed by atoms with Crippen molar-refractivity contribution in [3.63, 3.8) is 0 Å². The van der Waals surface area contributed by atoms with Crippen LogP contribution in [-0.2, 0) is 34.1 Å². The van der Waals surface area contributed by atoms with Crippen molar-refractivity contribution >= 4 is 10.0 Å². The van der Waals surface area contributed by atoms with E-state index in [1.807, 2.05) is 18.2 Å². The van der Waals surface area contributed by atoms with E-state index in [9.17, 15) is 22.3 Å². The van der Waals surface area contributed by atoms with Gasteiger partial charge in [-0.1, -0.05) is 31.2 Å². The number of sulfonamides is 1. The van der Waals surface area contributed by atoms with E-state index < -0.39 is 40.2 Å². The third-order valence-corrected chi connectivity index (χ3v) is 5.93. The number of aliphatic hydroxyl groups excluding tert-OH is 1. The van der Waals surface area contributed by atoms with Crippen molar-refractivity contribution in [3.05, 3.63) is 83.3 Å². The van der Waals surface area contributed by atoms with Gasteiger partial charge in [0.05, 0.1) is 18.4 Å². The van der Waals surface area contributed by atoms with Gasteiger partial charge in [-0.25, -0.2) is 17.2 Å². The number of hydrogen-bond donors (Lipinski definition) is 3. The first-order valence-electron chi connectivity index (χ1n) is 10.6. The van der Waals surface area contributed by atoms with E-state index >= 15 is 0 Å². The van der Waals surface area contributed by atoms with Gasteiger partial charge in [-0.15, -0.1) is 0 Å². The second-order valence-electron chi connectivity index (χ2n) is 8.03. The Balaban J connectivity index is 1.75. The maximum absolute atomic E-state index is 13.7. The van der Waals surface area contributed by atoms with Crippen LogP contribution in [0, 0.1) is 11.6 Å². The van der Waals surface area contributed by atoms with Crippen LogP contribution in [0.1, 0.15) is 23.6 Å². The SMILES string of the molecule is CCc1cccc(CNC[C@@H](O)[C@H](Cc2cc(F)cc(F)c2)N2C=COC2NS(C)(=O)=O)c1. The lowest BCUT2D eigenvalue weighted by Gasteiger charge is -2.35. The molecule has 2 aromatic carbocycles. The van der Waals surface area contributed by atoms with E-state index in [-0.39, 0.29) is 13.0 Å². The van der Waals surface area contributed by atoms with E-state index in [0.29, 0.717) is 12.1 Å². The van der Waals surface area contributed by atoms with Crippen molar-refractivity contribution in [2.24, 2.45) is 0 Å². The number of ether oxygens (including phenoxy) is 1. The molecule has 7 nitrogen and oxygen atoms in total. The minimum Gasteiger partial charge on any atom is -0.462 e. The van der Waals surface area contributed by atoms with E-state index in [1.54, 1.807) is 0 Å². The first kappa shape index (κ1) is 25.1. The molecular formula is C23H29F2N3O4S. The number of nitrogens with zero attached hydrogens (tertiary/aromatic N) is 1. The molecule has 1 aliphatic heterocycles. The molecule has 0 radical (unpaired) electrons. The smallest absolute Gasteiger partial charge is 0.241 e. The van der Waals surface area contributed by atoms with Gasteiger partial charge in [0.25, 0.3) is 0 Å². The molecule has 0 saturated carbocycles. The molecule has 0 spiro atoms. The fourth-order valence-corrected chi connectivity index (χ4v) is 4.30. The maximum atomic E-state index is 13.7. The van der Waals surface area contributed by atoms with Crippen LogP contribution < -0.4 is 10.0 Å². The van der Waals surface area contributed by atoms with E-state index in [4.69, 9.17) is 4.74 Å². The molecule has 0 aliphatic carbocycles. The van der Waals surface area contributed by atoms with Crippen LogP contribution in [0.4, 0.5) is 8.78 Å². The predicted molar refractivity (Wildman–Crippen MR) is 121 cm³/mol. The van der Waals surface area contributed by atoms with Gasteiger partial charge in [0.2, 0.25) is 16.4 Å². The summed E-state index contributed by atoms with van der Waals surface area (Å²) in [6.45, 7) is 2.75. The quantitative estimate of drug-likeness (QED) is 0.456. The summed E-state index contributed by atoms with van der Waals surface area (Å²) >= 11 is 0. The molecule has 0 aromatic heterocycles. The van der Waals surface area contributed by atoms with Gasteiger partial charge in [-0.3, -0.25) is 0 Å². The fourth-order valence-electron chi connectivity index (χ4n) is 3.75. The summed E-state index contributed by atoms with van der Waals surface area (Å²) in [7, 11) is -3.62. The zero-order chi connectivity index (χ0) is 24.0. The first-order chi connectivity index (χ1) is 15.6. The summed E-state index contributed by atoms with van der Waals surface area (Å²) in [4.78, 5) is 1.49. The standard InChI is InChI=1S/C23H29F2N3O4S/c1-3-16-5-4-6-17(9-16)14-26-15-22(29)21(12-18-10-19(24)13-20(25)11-18)28-7-8-32-23(28)27-33(2,30)31/h4-11,13,21-23,26-27,29H,3,12,14-15H2,1-2H3/t21-,22+,23?/m0/s1. The number of hydrogen-bond acceptors (Lipinski definition) is 6. The summed E-state index contributed by atoms with van der Waals surface area (Å²) < 4.78 is 58.6. The molecule has 0 saturated heterocycles. The molecule has 0 bridgehead atoms. The molecule has 3 rings (SSSR count). The monoisotopic (exact) mass is 481 g/mol. The molecule has 3 atom stereocenters. The first-order valence-corrected chi connectivity index (χ1v) is 12.5. The molecule has 1 aliphatic rings. The van der Waals surface area contributed by atoms with Gasteiger partial charge in [-0.2, -0.15) is 4.72 Å². The van der Waals surface area contributed by atoms with E-state index in [1.165, 1.54) is 35.1 Å². The normalized spacial score (nSPS) is 17.7. The average Bonchev–Trinajstić information content (AvgIpc) is 3.17. The minimum absolute atomic E-state index is 0.0541. The molecule has 2 aromatic rings. The molecule has 1 unspecified atom stereocenters. The molecule has 0 fully saturated rings. The second-order valence-corrected chi connectivity index (χ2v) is 9.81. The van der Waals surface area contributed by atoms with Crippen molar-refractivity contribution in [2.45, 2.75) is 44.8 Å². The summed E-state index contributed by atoms with van der Waals surface area (Å²) in [6, 6.07) is 10.5. The number of nitrogens with one attached hydrogen (secondary N) is 2. The summed E-state index contributed by atoms with van der Waals surface area (Å²) in [5.74, 6) is -1.46. The third kappa shape index (κ3) is 7.50. The molecule has 1 heterocycles. The zero-order valence-corrected chi connectivity index (χ0v) is 19.4. The largest absolute Gasteiger partial charge is 0.462 e. The predicted octanol–water partition coefficient (Wildman–Crippen LogP) is 2.23. The lowest BCUT2D eigenvalue weighted by molar-refractivity contribution is -0.0189. The lowest BCUT2D eigenvalue weighted by atomic mass is 9.99. The van der Waals surface area contributed by atoms with Gasteiger partial charge in [0.15, 0.2) is 0 Å². The van der Waals surface area contributed by atoms with Gasteiger partial charge >= 0.3 is 0 Å². The van der Waals surface area contributed by atoms with Gasteiger partial charge in [0, 0.05) is 25.4 Å². The third-order valence-electron chi connectivity index (χ3n) is 5.30.